The molecule has 0 fully saturated rings. The lowest BCUT2D eigenvalue weighted by atomic mass is 9.89. The predicted molar refractivity (Wildman–Crippen MR) is 86.8 cm³/mol. The van der Waals surface area contributed by atoms with E-state index in [0.29, 0.717) is 11.5 Å². The number of carbonyl (C=O) groups is 1. The van der Waals surface area contributed by atoms with E-state index in [1.807, 2.05) is 18.2 Å². The highest BCUT2D eigenvalue weighted by molar-refractivity contribution is 5.90. The molecule has 0 spiro atoms. The zero-order valence-corrected chi connectivity index (χ0v) is 13.4. The molecule has 2 aromatic carbocycles. The van der Waals surface area contributed by atoms with E-state index in [-0.39, 0.29) is 5.97 Å². The average Bonchev–Trinajstić information content (AvgIpc) is 2.44. The maximum absolute atomic E-state index is 11.7. The third kappa shape index (κ3) is 3.33. The molecule has 0 bridgehead atoms. The summed E-state index contributed by atoms with van der Waals surface area (Å²) in [5.41, 5.74) is 6.66. The molecule has 0 aromatic heterocycles. The summed E-state index contributed by atoms with van der Waals surface area (Å²) in [6.07, 6.45) is 0. The monoisotopic (exact) mass is 282 g/mol. The lowest BCUT2D eigenvalue weighted by Gasteiger charge is -2.15. The van der Waals surface area contributed by atoms with Crippen molar-refractivity contribution < 1.29 is 9.53 Å². The van der Waals surface area contributed by atoms with Crippen molar-refractivity contribution >= 4 is 5.97 Å². The lowest BCUT2D eigenvalue weighted by Crippen LogP contribution is -2.03. The summed E-state index contributed by atoms with van der Waals surface area (Å²) < 4.78 is 4.82. The second-order valence-electron chi connectivity index (χ2n) is 5.82. The maximum Gasteiger partial charge on any atom is 0.337 e. The lowest BCUT2D eigenvalue weighted by molar-refractivity contribution is 0.0600. The van der Waals surface area contributed by atoms with Crippen LogP contribution in [0.4, 0.5) is 0 Å². The highest BCUT2D eigenvalue weighted by Gasteiger charge is 2.14. The van der Waals surface area contributed by atoms with Crippen molar-refractivity contribution in [2.24, 2.45) is 0 Å². The highest BCUT2D eigenvalue weighted by atomic mass is 16.5. The third-order valence-corrected chi connectivity index (χ3v) is 3.63. The molecular weight excluding hydrogens is 260 g/mol. The standard InChI is InChI=1S/C19H22O2/c1-12(2)18-11-15(19(20)21-5)6-7-17(18)16-9-13(3)8-14(4)10-16/h6-12H,1-5H3. The van der Waals surface area contributed by atoms with Crippen LogP contribution in [0.25, 0.3) is 11.1 Å². The van der Waals surface area contributed by atoms with Gasteiger partial charge in [0.2, 0.25) is 0 Å². The topological polar surface area (TPSA) is 26.3 Å². The van der Waals surface area contributed by atoms with Gasteiger partial charge in [-0.2, -0.15) is 0 Å². The first kappa shape index (κ1) is 15.3. The number of esters is 1. The van der Waals surface area contributed by atoms with Gasteiger partial charge in [0, 0.05) is 0 Å². The van der Waals surface area contributed by atoms with E-state index in [2.05, 4.69) is 45.9 Å². The van der Waals surface area contributed by atoms with Crippen molar-refractivity contribution in [1.82, 2.24) is 0 Å². The van der Waals surface area contributed by atoms with Crippen LogP contribution in [0, 0.1) is 13.8 Å². The Labute approximate surface area is 126 Å². The second kappa shape index (κ2) is 6.13. The summed E-state index contributed by atoms with van der Waals surface area (Å²) >= 11 is 0. The van der Waals surface area contributed by atoms with Crippen molar-refractivity contribution in [2.45, 2.75) is 33.6 Å². The first-order valence-corrected chi connectivity index (χ1v) is 7.23. The number of ether oxygens (including phenoxy) is 1. The van der Waals surface area contributed by atoms with Crippen LogP contribution >= 0.6 is 0 Å². The molecule has 0 saturated heterocycles. The van der Waals surface area contributed by atoms with Gasteiger partial charge < -0.3 is 4.74 Å². The molecule has 0 radical (unpaired) electrons. The van der Waals surface area contributed by atoms with Crippen molar-refractivity contribution in [3.8, 4) is 11.1 Å². The maximum atomic E-state index is 11.7. The fourth-order valence-corrected chi connectivity index (χ4v) is 2.68. The zero-order valence-electron chi connectivity index (χ0n) is 13.4. The molecule has 0 aliphatic carbocycles. The highest BCUT2D eigenvalue weighted by Crippen LogP contribution is 2.31. The molecule has 0 heterocycles. The molecule has 0 atom stereocenters. The number of aryl methyl sites for hydroxylation is 2. The minimum atomic E-state index is -0.288. The molecule has 2 nitrogen and oxygen atoms in total. The molecule has 0 unspecified atom stereocenters. The number of benzene rings is 2. The van der Waals surface area contributed by atoms with Crippen molar-refractivity contribution in [3.05, 3.63) is 58.7 Å². The molecule has 0 amide bonds. The normalized spacial score (nSPS) is 10.8. The Bertz CT molecular complexity index is 649. The summed E-state index contributed by atoms with van der Waals surface area (Å²) in [7, 11) is 1.41. The van der Waals surface area contributed by atoms with Crippen molar-refractivity contribution in [3.63, 3.8) is 0 Å². The Hall–Kier alpha value is -2.09. The van der Waals surface area contributed by atoms with Gasteiger partial charge in [-0.15, -0.1) is 0 Å². The van der Waals surface area contributed by atoms with Crippen LogP contribution in [-0.2, 0) is 4.74 Å². The number of methoxy groups -OCH3 is 1. The van der Waals surface area contributed by atoms with Gasteiger partial charge in [0.25, 0.3) is 0 Å². The molecule has 2 rings (SSSR count). The van der Waals surface area contributed by atoms with E-state index in [1.54, 1.807) is 0 Å². The Morgan fingerprint density at radius 1 is 1.00 bits per heavy atom. The van der Waals surface area contributed by atoms with Gasteiger partial charge in [-0.25, -0.2) is 4.79 Å². The Morgan fingerprint density at radius 2 is 1.62 bits per heavy atom. The first-order valence-electron chi connectivity index (χ1n) is 7.23. The molecule has 2 heteroatoms. The van der Waals surface area contributed by atoms with Gasteiger partial charge in [0.15, 0.2) is 0 Å². The average molecular weight is 282 g/mol. The van der Waals surface area contributed by atoms with Crippen LogP contribution in [0.15, 0.2) is 36.4 Å². The largest absolute Gasteiger partial charge is 0.465 e. The molecule has 21 heavy (non-hydrogen) atoms. The van der Waals surface area contributed by atoms with Crippen molar-refractivity contribution in [2.75, 3.05) is 7.11 Å². The molecule has 0 aliphatic rings. The number of carbonyl (C=O) groups excluding carboxylic acids is 1. The Kier molecular flexibility index (Phi) is 4.46. The first-order chi connectivity index (χ1) is 9.92. The van der Waals surface area contributed by atoms with E-state index in [9.17, 15) is 4.79 Å². The predicted octanol–water partition coefficient (Wildman–Crippen LogP) is 4.88. The van der Waals surface area contributed by atoms with Gasteiger partial charge in [-0.3, -0.25) is 0 Å². The molecule has 2 aromatic rings. The molecule has 110 valence electrons. The van der Waals surface area contributed by atoms with E-state index in [4.69, 9.17) is 4.74 Å². The van der Waals surface area contributed by atoms with Crippen LogP contribution in [0.3, 0.4) is 0 Å². The molecule has 0 N–H and O–H groups in total. The van der Waals surface area contributed by atoms with Gasteiger partial charge in [-0.05, 0) is 48.6 Å². The summed E-state index contributed by atoms with van der Waals surface area (Å²) in [5, 5.41) is 0. The SMILES string of the molecule is COC(=O)c1ccc(-c2cc(C)cc(C)c2)c(C(C)C)c1. The fraction of sp³-hybridized carbons (Fsp3) is 0.316. The molecule has 0 saturated carbocycles. The summed E-state index contributed by atoms with van der Waals surface area (Å²) in [5.74, 6) is 0.0503. The van der Waals surface area contributed by atoms with E-state index >= 15 is 0 Å². The molecular formula is C19H22O2. The van der Waals surface area contributed by atoms with Crippen LogP contribution < -0.4 is 0 Å². The second-order valence-corrected chi connectivity index (χ2v) is 5.82. The van der Waals surface area contributed by atoms with Crippen LogP contribution in [-0.4, -0.2) is 13.1 Å². The van der Waals surface area contributed by atoms with Crippen LogP contribution in [0.1, 0.15) is 46.8 Å². The number of hydrogen-bond donors (Lipinski definition) is 0. The Balaban J connectivity index is 2.60. The van der Waals surface area contributed by atoms with Gasteiger partial charge in [-0.1, -0.05) is 49.2 Å². The fourth-order valence-electron chi connectivity index (χ4n) is 2.68. The molecule has 0 aliphatic heterocycles. The van der Waals surface area contributed by atoms with Gasteiger partial charge in [0.05, 0.1) is 12.7 Å². The van der Waals surface area contributed by atoms with Gasteiger partial charge >= 0.3 is 5.97 Å². The summed E-state index contributed by atoms with van der Waals surface area (Å²) in [4.78, 5) is 11.7. The van der Waals surface area contributed by atoms with E-state index in [1.165, 1.54) is 34.9 Å². The summed E-state index contributed by atoms with van der Waals surface area (Å²) in [6.45, 7) is 8.49. The zero-order chi connectivity index (χ0) is 15.6. The van der Waals surface area contributed by atoms with Crippen LogP contribution in [0.5, 0.6) is 0 Å². The van der Waals surface area contributed by atoms with Crippen LogP contribution in [0.2, 0.25) is 0 Å². The number of hydrogen-bond acceptors (Lipinski definition) is 2. The van der Waals surface area contributed by atoms with Crippen molar-refractivity contribution in [1.29, 1.82) is 0 Å². The quantitative estimate of drug-likeness (QED) is 0.750. The number of rotatable bonds is 3. The summed E-state index contributed by atoms with van der Waals surface area (Å²) in [6, 6.07) is 12.4. The smallest absolute Gasteiger partial charge is 0.337 e. The van der Waals surface area contributed by atoms with E-state index < -0.39 is 0 Å². The minimum absolute atomic E-state index is 0.288. The third-order valence-electron chi connectivity index (χ3n) is 3.63. The van der Waals surface area contributed by atoms with E-state index in [0.717, 1.165) is 0 Å². The van der Waals surface area contributed by atoms with Gasteiger partial charge in [0.1, 0.15) is 0 Å². The Morgan fingerprint density at radius 3 is 2.14 bits per heavy atom. The minimum Gasteiger partial charge on any atom is -0.465 e.